The summed E-state index contributed by atoms with van der Waals surface area (Å²) in [6, 6.07) is 11.5. The standard InChI is InChI=1S/C14H13N3OS/c1-10-5-4-8-15-14(10)19(18)9-13-16-11-6-2-3-7-12(11)17-13/h2-8H,9H2,1H3,(H,16,17). The summed E-state index contributed by atoms with van der Waals surface area (Å²) in [4.78, 5) is 11.8. The number of benzene rings is 1. The van der Waals surface area contributed by atoms with E-state index in [0.29, 0.717) is 10.8 Å². The molecule has 2 aromatic heterocycles. The molecule has 0 amide bonds. The molecule has 0 aliphatic rings. The Kier molecular flexibility index (Phi) is 3.23. The third-order valence-electron chi connectivity index (χ3n) is 2.88. The summed E-state index contributed by atoms with van der Waals surface area (Å²) in [5.41, 5.74) is 2.80. The maximum Gasteiger partial charge on any atom is 0.247 e. The van der Waals surface area contributed by atoms with Crippen molar-refractivity contribution in [2.24, 2.45) is 0 Å². The Morgan fingerprint density at radius 2 is 2.05 bits per heavy atom. The van der Waals surface area contributed by atoms with Crippen molar-refractivity contribution in [3.8, 4) is 0 Å². The fourth-order valence-corrected chi connectivity index (χ4v) is 3.10. The van der Waals surface area contributed by atoms with Gasteiger partial charge in [-0.15, -0.1) is 0 Å². The highest BCUT2D eigenvalue weighted by atomic mass is 32.2. The zero-order valence-electron chi connectivity index (χ0n) is 10.5. The van der Waals surface area contributed by atoms with Crippen molar-refractivity contribution in [2.75, 3.05) is 0 Å². The summed E-state index contributed by atoms with van der Waals surface area (Å²) in [6.07, 6.45) is 1.67. The number of H-pyrrole nitrogens is 1. The summed E-state index contributed by atoms with van der Waals surface area (Å²) in [5.74, 6) is 1.08. The molecule has 0 bridgehead atoms. The van der Waals surface area contributed by atoms with Crippen LogP contribution in [0.5, 0.6) is 0 Å². The molecule has 19 heavy (non-hydrogen) atoms. The van der Waals surface area contributed by atoms with Crippen LogP contribution in [0.15, 0.2) is 47.6 Å². The zero-order chi connectivity index (χ0) is 13.2. The van der Waals surface area contributed by atoms with Gasteiger partial charge in [0, 0.05) is 22.9 Å². The predicted molar refractivity (Wildman–Crippen MR) is 75.2 cm³/mol. The molecule has 0 spiro atoms. The van der Waals surface area contributed by atoms with Gasteiger partial charge in [-0.1, -0.05) is 18.2 Å². The zero-order valence-corrected chi connectivity index (χ0v) is 11.3. The van der Waals surface area contributed by atoms with Crippen LogP contribution in [-0.4, -0.2) is 19.5 Å². The molecule has 1 aromatic carbocycles. The number of imidazole rings is 1. The molecular formula is C14H13N3OS. The molecule has 0 aliphatic heterocycles. The van der Waals surface area contributed by atoms with Gasteiger partial charge in [0.25, 0.3) is 0 Å². The minimum absolute atomic E-state index is 0.354. The number of pyridine rings is 1. The lowest BCUT2D eigenvalue weighted by atomic mass is 10.3. The SMILES string of the molecule is Cc1cccnc1[S+]([O-])Cc1nc2ccccc2[nH]1. The van der Waals surface area contributed by atoms with Crippen molar-refractivity contribution in [1.29, 1.82) is 0 Å². The Balaban J connectivity index is 1.86. The van der Waals surface area contributed by atoms with E-state index in [1.807, 2.05) is 43.3 Å². The van der Waals surface area contributed by atoms with E-state index in [9.17, 15) is 4.55 Å². The molecule has 4 nitrogen and oxygen atoms in total. The first-order valence-corrected chi connectivity index (χ1v) is 7.29. The summed E-state index contributed by atoms with van der Waals surface area (Å²) in [5, 5.41) is 0.628. The molecule has 0 aliphatic carbocycles. The number of hydrogen-bond donors (Lipinski definition) is 1. The number of aromatic nitrogens is 3. The number of aromatic amines is 1. The van der Waals surface area contributed by atoms with Crippen LogP contribution < -0.4 is 0 Å². The number of nitrogens with one attached hydrogen (secondary N) is 1. The van der Waals surface area contributed by atoms with Crippen molar-refractivity contribution in [3.63, 3.8) is 0 Å². The Morgan fingerprint density at radius 3 is 2.84 bits per heavy atom. The van der Waals surface area contributed by atoms with Gasteiger partial charge in [0.15, 0.2) is 11.6 Å². The van der Waals surface area contributed by atoms with Crippen molar-refractivity contribution < 1.29 is 4.55 Å². The Bertz CT molecular complexity index is 677. The van der Waals surface area contributed by atoms with Crippen molar-refractivity contribution >= 4 is 22.2 Å². The van der Waals surface area contributed by atoms with E-state index in [-0.39, 0.29) is 0 Å². The minimum atomic E-state index is -1.18. The van der Waals surface area contributed by atoms with Crippen LogP contribution in [0.3, 0.4) is 0 Å². The molecule has 3 aromatic rings. The fraction of sp³-hybridized carbons (Fsp3) is 0.143. The van der Waals surface area contributed by atoms with Crippen molar-refractivity contribution in [2.45, 2.75) is 17.7 Å². The molecule has 3 rings (SSSR count). The highest BCUT2D eigenvalue weighted by Crippen LogP contribution is 2.18. The molecule has 2 heterocycles. The van der Waals surface area contributed by atoms with Crippen LogP contribution in [0.2, 0.25) is 0 Å². The number of fused-ring (bicyclic) bond motifs is 1. The topological polar surface area (TPSA) is 64.6 Å². The Morgan fingerprint density at radius 1 is 1.21 bits per heavy atom. The maximum absolute atomic E-state index is 12.3. The molecule has 0 saturated heterocycles. The van der Waals surface area contributed by atoms with Crippen LogP contribution in [0, 0.1) is 6.92 Å². The average Bonchev–Trinajstić information content (AvgIpc) is 2.81. The molecule has 0 radical (unpaired) electrons. The summed E-state index contributed by atoms with van der Waals surface area (Å²) in [7, 11) is 0. The molecule has 5 heteroatoms. The summed E-state index contributed by atoms with van der Waals surface area (Å²) in [6.45, 7) is 1.92. The lowest BCUT2D eigenvalue weighted by molar-refractivity contribution is 0.588. The van der Waals surface area contributed by atoms with Gasteiger partial charge in [-0.3, -0.25) is 0 Å². The van der Waals surface area contributed by atoms with Crippen molar-refractivity contribution in [1.82, 2.24) is 15.0 Å². The van der Waals surface area contributed by atoms with E-state index in [1.165, 1.54) is 0 Å². The largest absolute Gasteiger partial charge is 0.610 e. The maximum atomic E-state index is 12.3. The average molecular weight is 271 g/mol. The third kappa shape index (κ3) is 2.47. The fourth-order valence-electron chi connectivity index (χ4n) is 1.98. The monoisotopic (exact) mass is 271 g/mol. The van der Waals surface area contributed by atoms with Crippen LogP contribution in [0.25, 0.3) is 11.0 Å². The second-order valence-corrected chi connectivity index (χ2v) is 5.68. The van der Waals surface area contributed by atoms with Gasteiger partial charge in [0.2, 0.25) is 5.03 Å². The molecule has 0 saturated carbocycles. The number of aryl methyl sites for hydroxylation is 1. The summed E-state index contributed by atoms with van der Waals surface area (Å²) < 4.78 is 12.3. The Labute approximate surface area is 114 Å². The highest BCUT2D eigenvalue weighted by molar-refractivity contribution is 7.90. The number of hydrogen-bond acceptors (Lipinski definition) is 3. The van der Waals surface area contributed by atoms with Gasteiger partial charge >= 0.3 is 0 Å². The van der Waals surface area contributed by atoms with Gasteiger partial charge in [-0.2, -0.15) is 0 Å². The molecule has 0 fully saturated rings. The van der Waals surface area contributed by atoms with Crippen LogP contribution in [0.4, 0.5) is 0 Å². The van der Waals surface area contributed by atoms with Gasteiger partial charge in [-0.25, -0.2) is 9.97 Å². The lowest BCUT2D eigenvalue weighted by Crippen LogP contribution is -2.09. The molecule has 1 N–H and O–H groups in total. The van der Waals surface area contributed by atoms with Crippen LogP contribution in [-0.2, 0) is 16.9 Å². The van der Waals surface area contributed by atoms with Gasteiger partial charge in [0.05, 0.1) is 11.0 Å². The third-order valence-corrected chi connectivity index (χ3v) is 4.28. The molecular weight excluding hydrogens is 258 g/mol. The molecule has 1 unspecified atom stereocenters. The number of rotatable bonds is 3. The van der Waals surface area contributed by atoms with Gasteiger partial charge in [0.1, 0.15) is 0 Å². The lowest BCUT2D eigenvalue weighted by Gasteiger charge is -2.09. The molecule has 96 valence electrons. The smallest absolute Gasteiger partial charge is 0.247 e. The van der Waals surface area contributed by atoms with E-state index in [0.717, 1.165) is 22.4 Å². The van der Waals surface area contributed by atoms with Crippen LogP contribution in [0.1, 0.15) is 11.4 Å². The molecule has 1 atom stereocenters. The predicted octanol–water partition coefficient (Wildman–Crippen LogP) is 2.57. The first-order valence-electron chi connectivity index (χ1n) is 5.97. The number of nitrogens with zero attached hydrogens (tertiary/aromatic N) is 2. The second-order valence-electron chi connectivity index (χ2n) is 4.32. The van der Waals surface area contributed by atoms with E-state index in [4.69, 9.17) is 0 Å². The van der Waals surface area contributed by atoms with Gasteiger partial charge in [-0.05, 0) is 25.1 Å². The van der Waals surface area contributed by atoms with Crippen LogP contribution >= 0.6 is 0 Å². The first kappa shape index (κ1) is 12.2. The Hall–Kier alpha value is -1.85. The second kappa shape index (κ2) is 5.03. The van der Waals surface area contributed by atoms with E-state index < -0.39 is 11.2 Å². The first-order chi connectivity index (χ1) is 9.24. The van der Waals surface area contributed by atoms with E-state index in [1.54, 1.807) is 6.20 Å². The number of para-hydroxylation sites is 2. The van der Waals surface area contributed by atoms with Gasteiger partial charge < -0.3 is 9.54 Å². The minimum Gasteiger partial charge on any atom is -0.610 e. The normalized spacial score (nSPS) is 12.7. The van der Waals surface area contributed by atoms with E-state index in [2.05, 4.69) is 15.0 Å². The van der Waals surface area contributed by atoms with Crippen molar-refractivity contribution in [3.05, 3.63) is 54.0 Å². The quantitative estimate of drug-likeness (QED) is 0.745. The van der Waals surface area contributed by atoms with E-state index >= 15 is 0 Å². The summed E-state index contributed by atoms with van der Waals surface area (Å²) >= 11 is -1.18. The highest BCUT2D eigenvalue weighted by Gasteiger charge is 2.18.